The number of aromatic amines is 1. The fourth-order valence-electron chi connectivity index (χ4n) is 5.13. The zero-order valence-electron chi connectivity index (χ0n) is 17.5. The molecule has 3 aliphatic carbocycles. The summed E-state index contributed by atoms with van der Waals surface area (Å²) >= 11 is 0. The van der Waals surface area contributed by atoms with Crippen molar-refractivity contribution >= 4 is 21.9 Å². The molecule has 2 aromatic carbocycles. The zero-order chi connectivity index (χ0) is 22.4. The fraction of sp³-hybridized carbons (Fsp3) is 0.304. The second kappa shape index (κ2) is 7.46. The van der Waals surface area contributed by atoms with Crippen molar-refractivity contribution in [3.05, 3.63) is 66.4 Å². The van der Waals surface area contributed by atoms with Gasteiger partial charge in [-0.05, 0) is 47.9 Å². The third-order valence-corrected chi connectivity index (χ3v) is 8.02. The van der Waals surface area contributed by atoms with Crippen LogP contribution in [0.2, 0.25) is 0 Å². The maximum absolute atomic E-state index is 12.6. The lowest BCUT2D eigenvalue weighted by molar-refractivity contribution is -0.159. The minimum atomic E-state index is -3.53. The Morgan fingerprint density at radius 3 is 2.38 bits per heavy atom. The normalized spacial score (nSPS) is 23.8. The van der Waals surface area contributed by atoms with Crippen LogP contribution in [0.4, 0.5) is 5.95 Å². The van der Waals surface area contributed by atoms with Gasteiger partial charge in [0.15, 0.2) is 5.95 Å². The standard InChI is InChI=1S/C23H25N5O3S/c24-21-26-12-19(27-21)17-8-6-16(7-9-17)11-25-20(29)10-22-13-23(14-22,15-22)28-32(30,31)18-4-2-1-3-5-18/h1-9,12,28H,10-11,13-15H2,(H,25,29)(H3,24,26,27). The highest BCUT2D eigenvalue weighted by molar-refractivity contribution is 7.89. The van der Waals surface area contributed by atoms with Gasteiger partial charge in [0, 0.05) is 18.5 Å². The molecule has 3 aromatic rings. The highest BCUT2D eigenvalue weighted by Gasteiger charge is 2.69. The quantitative estimate of drug-likeness (QED) is 0.418. The van der Waals surface area contributed by atoms with Gasteiger partial charge in [0.2, 0.25) is 15.9 Å². The number of hydrogen-bond donors (Lipinski definition) is 4. The molecule has 0 atom stereocenters. The van der Waals surface area contributed by atoms with E-state index in [9.17, 15) is 13.2 Å². The number of amides is 1. The molecule has 0 radical (unpaired) electrons. The van der Waals surface area contributed by atoms with E-state index >= 15 is 0 Å². The van der Waals surface area contributed by atoms with E-state index in [2.05, 4.69) is 20.0 Å². The first-order chi connectivity index (χ1) is 15.3. The zero-order valence-corrected chi connectivity index (χ0v) is 18.3. The predicted octanol–water partition coefficient (Wildman–Crippen LogP) is 2.57. The molecule has 0 unspecified atom stereocenters. The average Bonchev–Trinajstić information content (AvgIpc) is 3.17. The number of anilines is 1. The Morgan fingerprint density at radius 2 is 1.75 bits per heavy atom. The Labute approximate surface area is 186 Å². The van der Waals surface area contributed by atoms with Crippen LogP contribution < -0.4 is 15.8 Å². The van der Waals surface area contributed by atoms with Crippen molar-refractivity contribution in [2.24, 2.45) is 5.41 Å². The van der Waals surface area contributed by atoms with Gasteiger partial charge in [-0.15, -0.1) is 0 Å². The smallest absolute Gasteiger partial charge is 0.241 e. The Morgan fingerprint density at radius 1 is 1.06 bits per heavy atom. The molecule has 6 rings (SSSR count). The van der Waals surface area contributed by atoms with Crippen LogP contribution in [0.1, 0.15) is 31.2 Å². The molecule has 166 valence electrons. The molecule has 5 N–H and O–H groups in total. The first-order valence-electron chi connectivity index (χ1n) is 10.5. The second-order valence-corrected chi connectivity index (χ2v) is 10.7. The molecular formula is C23H25N5O3S. The van der Waals surface area contributed by atoms with Crippen molar-refractivity contribution in [2.45, 2.75) is 42.7 Å². The molecular weight excluding hydrogens is 426 g/mol. The third-order valence-electron chi connectivity index (χ3n) is 6.43. The third kappa shape index (κ3) is 3.89. The SMILES string of the molecule is Nc1ncc(-c2ccc(CNC(=O)CC34CC(NS(=O)(=O)c5ccccc5)(C3)C4)cc2)[nH]1. The minimum Gasteiger partial charge on any atom is -0.369 e. The van der Waals surface area contributed by atoms with E-state index in [1.165, 1.54) is 0 Å². The van der Waals surface area contributed by atoms with E-state index in [0.29, 0.717) is 38.2 Å². The van der Waals surface area contributed by atoms with Gasteiger partial charge in [-0.2, -0.15) is 0 Å². The van der Waals surface area contributed by atoms with E-state index in [1.807, 2.05) is 24.3 Å². The van der Waals surface area contributed by atoms with Crippen LogP contribution in [0.25, 0.3) is 11.3 Å². The molecule has 0 spiro atoms. The maximum Gasteiger partial charge on any atom is 0.241 e. The molecule has 3 saturated carbocycles. The van der Waals surface area contributed by atoms with Gasteiger partial charge in [-0.25, -0.2) is 18.1 Å². The molecule has 8 nitrogen and oxygen atoms in total. The van der Waals surface area contributed by atoms with Crippen molar-refractivity contribution in [3.8, 4) is 11.3 Å². The molecule has 0 saturated heterocycles. The molecule has 32 heavy (non-hydrogen) atoms. The van der Waals surface area contributed by atoms with E-state index in [1.54, 1.807) is 36.5 Å². The number of nitrogens with two attached hydrogens (primary N) is 1. The van der Waals surface area contributed by atoms with Gasteiger partial charge in [-0.1, -0.05) is 42.5 Å². The lowest BCUT2D eigenvalue weighted by Crippen LogP contribution is -2.75. The summed E-state index contributed by atoms with van der Waals surface area (Å²) in [6, 6.07) is 16.2. The van der Waals surface area contributed by atoms with E-state index in [0.717, 1.165) is 16.8 Å². The van der Waals surface area contributed by atoms with Gasteiger partial charge in [-0.3, -0.25) is 4.79 Å². The number of benzene rings is 2. The number of nitrogens with zero attached hydrogens (tertiary/aromatic N) is 1. The van der Waals surface area contributed by atoms with Crippen LogP contribution in [-0.2, 0) is 21.4 Å². The summed E-state index contributed by atoms with van der Waals surface area (Å²) in [5.74, 6) is 0.370. The van der Waals surface area contributed by atoms with Crippen LogP contribution in [0, 0.1) is 5.41 Å². The number of imidazole rings is 1. The van der Waals surface area contributed by atoms with Gasteiger partial charge in [0.05, 0.1) is 16.8 Å². The molecule has 2 bridgehead atoms. The van der Waals surface area contributed by atoms with Crippen LogP contribution in [0.5, 0.6) is 0 Å². The average molecular weight is 452 g/mol. The number of hydrogen-bond acceptors (Lipinski definition) is 5. The first-order valence-corrected chi connectivity index (χ1v) is 12.0. The number of carbonyl (C=O) groups is 1. The summed E-state index contributed by atoms with van der Waals surface area (Å²) in [6.07, 6.45) is 4.24. The first kappa shape index (κ1) is 20.7. The second-order valence-electron chi connectivity index (χ2n) is 9.06. The number of nitrogens with one attached hydrogen (secondary N) is 3. The van der Waals surface area contributed by atoms with Gasteiger partial charge >= 0.3 is 0 Å². The van der Waals surface area contributed by atoms with Gasteiger partial charge in [0.1, 0.15) is 0 Å². The highest BCUT2D eigenvalue weighted by atomic mass is 32.2. The number of H-pyrrole nitrogens is 1. The predicted molar refractivity (Wildman–Crippen MR) is 121 cm³/mol. The van der Waals surface area contributed by atoms with E-state index < -0.39 is 10.0 Å². The topological polar surface area (TPSA) is 130 Å². The largest absolute Gasteiger partial charge is 0.369 e. The van der Waals surface area contributed by atoms with Crippen LogP contribution >= 0.6 is 0 Å². The van der Waals surface area contributed by atoms with Crippen LogP contribution in [0.15, 0.2) is 65.7 Å². The van der Waals surface area contributed by atoms with Crippen molar-refractivity contribution in [3.63, 3.8) is 0 Å². The fourth-order valence-corrected chi connectivity index (χ4v) is 6.55. The van der Waals surface area contributed by atoms with Crippen molar-refractivity contribution in [1.29, 1.82) is 0 Å². The van der Waals surface area contributed by atoms with Crippen LogP contribution in [0.3, 0.4) is 0 Å². The molecule has 1 heterocycles. The lowest BCUT2D eigenvalue weighted by Gasteiger charge is -2.70. The van der Waals surface area contributed by atoms with E-state index in [-0.39, 0.29) is 21.8 Å². The molecule has 3 fully saturated rings. The number of nitrogen functional groups attached to an aromatic ring is 1. The van der Waals surface area contributed by atoms with Crippen molar-refractivity contribution in [1.82, 2.24) is 20.0 Å². The summed E-state index contributed by atoms with van der Waals surface area (Å²) < 4.78 is 28.0. The Hall–Kier alpha value is -3.17. The molecule has 9 heteroatoms. The van der Waals surface area contributed by atoms with Crippen molar-refractivity contribution in [2.75, 3.05) is 5.73 Å². The highest BCUT2D eigenvalue weighted by Crippen LogP contribution is 2.69. The lowest BCUT2D eigenvalue weighted by atomic mass is 9.39. The van der Waals surface area contributed by atoms with Crippen LogP contribution in [-0.4, -0.2) is 29.8 Å². The molecule has 3 aliphatic rings. The number of sulfonamides is 1. The molecule has 1 aromatic heterocycles. The number of aromatic nitrogens is 2. The summed E-state index contributed by atoms with van der Waals surface area (Å²) in [6.45, 7) is 0.450. The number of carbonyl (C=O) groups excluding carboxylic acids is 1. The Balaban J connectivity index is 1.10. The van der Waals surface area contributed by atoms with Gasteiger partial charge in [0.25, 0.3) is 0 Å². The minimum absolute atomic E-state index is 0.00497. The summed E-state index contributed by atoms with van der Waals surface area (Å²) in [4.78, 5) is 19.7. The van der Waals surface area contributed by atoms with Crippen molar-refractivity contribution < 1.29 is 13.2 Å². The summed E-state index contributed by atoms with van der Waals surface area (Å²) in [5.41, 5.74) is 7.97. The Bertz CT molecular complexity index is 1230. The number of rotatable bonds is 8. The molecule has 1 amide bonds. The Kier molecular flexibility index (Phi) is 4.83. The summed E-state index contributed by atoms with van der Waals surface area (Å²) in [5, 5.41) is 2.98. The van der Waals surface area contributed by atoms with Gasteiger partial charge < -0.3 is 16.0 Å². The maximum atomic E-state index is 12.6. The molecule has 0 aliphatic heterocycles. The summed E-state index contributed by atoms with van der Waals surface area (Å²) in [7, 11) is -3.53. The van der Waals surface area contributed by atoms with E-state index in [4.69, 9.17) is 5.73 Å². The monoisotopic (exact) mass is 451 g/mol.